The van der Waals surface area contributed by atoms with Crippen molar-refractivity contribution in [2.45, 2.75) is 25.1 Å². The van der Waals surface area contributed by atoms with Crippen LogP contribution in [-0.4, -0.2) is 25.3 Å². The molecule has 0 amide bonds. The lowest BCUT2D eigenvalue weighted by Crippen LogP contribution is -2.41. The first kappa shape index (κ1) is 14.6. The van der Waals surface area contributed by atoms with Gasteiger partial charge in [-0.05, 0) is 38.1 Å². The molecule has 0 aromatic heterocycles. The Morgan fingerprint density at radius 1 is 1.28 bits per heavy atom. The van der Waals surface area contributed by atoms with E-state index in [0.717, 1.165) is 38.1 Å². The maximum Gasteiger partial charge on any atom is 0.416 e. The Bertz CT molecular complexity index is 339. The zero-order valence-electron chi connectivity index (χ0n) is 10.1. The van der Waals surface area contributed by atoms with Gasteiger partial charge in [-0.2, -0.15) is 13.2 Å². The maximum absolute atomic E-state index is 12.4. The van der Waals surface area contributed by atoms with Crippen molar-refractivity contribution in [3.8, 4) is 0 Å². The highest BCUT2D eigenvalue weighted by molar-refractivity contribution is 5.27. The lowest BCUT2D eigenvalue weighted by Gasteiger charge is -2.24. The Balaban J connectivity index is 2.59. The lowest BCUT2D eigenvalue weighted by molar-refractivity contribution is -0.0881. The second-order valence-corrected chi connectivity index (χ2v) is 4.11. The predicted octanol–water partition coefficient (Wildman–Crippen LogP) is 1.80. The average Bonchev–Trinajstić information content (AvgIpc) is 2.29. The van der Waals surface area contributed by atoms with E-state index in [0.29, 0.717) is 0 Å². The third-order valence-electron chi connectivity index (χ3n) is 2.70. The largest absolute Gasteiger partial charge is 0.416 e. The fourth-order valence-electron chi connectivity index (χ4n) is 1.71. The molecule has 0 aromatic carbocycles. The Morgan fingerprint density at radius 2 is 1.89 bits per heavy atom. The summed E-state index contributed by atoms with van der Waals surface area (Å²) in [4.78, 5) is 0. The van der Waals surface area contributed by atoms with E-state index in [-0.39, 0.29) is 11.9 Å². The van der Waals surface area contributed by atoms with Gasteiger partial charge in [0.15, 0.2) is 0 Å². The summed E-state index contributed by atoms with van der Waals surface area (Å²) in [5, 5.41) is 6.20. The van der Waals surface area contributed by atoms with Gasteiger partial charge in [-0.15, -0.1) is 0 Å². The highest BCUT2D eigenvalue weighted by Crippen LogP contribution is 2.26. The number of rotatable bonds is 4. The molecule has 3 nitrogen and oxygen atoms in total. The first-order chi connectivity index (χ1) is 8.43. The molecule has 0 saturated carbocycles. The minimum absolute atomic E-state index is 0.217. The van der Waals surface area contributed by atoms with Crippen molar-refractivity contribution >= 4 is 0 Å². The molecule has 18 heavy (non-hydrogen) atoms. The third-order valence-corrected chi connectivity index (χ3v) is 2.70. The van der Waals surface area contributed by atoms with Crippen LogP contribution in [0.2, 0.25) is 0 Å². The number of nitrogens with two attached hydrogens (primary N) is 1. The van der Waals surface area contributed by atoms with Crippen LogP contribution >= 0.6 is 0 Å². The quantitative estimate of drug-likeness (QED) is 0.676. The van der Waals surface area contributed by atoms with Crippen molar-refractivity contribution < 1.29 is 13.2 Å². The van der Waals surface area contributed by atoms with Crippen LogP contribution < -0.4 is 16.4 Å². The summed E-state index contributed by atoms with van der Waals surface area (Å²) in [5.74, 6) is 0.241. The molecule has 1 aliphatic heterocycles. The third kappa shape index (κ3) is 4.83. The van der Waals surface area contributed by atoms with Gasteiger partial charge in [0, 0.05) is 6.04 Å². The average molecular weight is 261 g/mol. The number of halogens is 3. The molecule has 6 heteroatoms. The molecule has 0 radical (unpaired) electrons. The van der Waals surface area contributed by atoms with Gasteiger partial charge >= 0.3 is 6.18 Å². The Kier molecular flexibility index (Phi) is 5.27. The van der Waals surface area contributed by atoms with Crippen LogP contribution in [0.5, 0.6) is 0 Å². The molecule has 0 aromatic rings. The van der Waals surface area contributed by atoms with Crippen molar-refractivity contribution in [1.82, 2.24) is 10.6 Å². The van der Waals surface area contributed by atoms with Crippen molar-refractivity contribution in [3.63, 3.8) is 0 Å². The molecule has 4 N–H and O–H groups in total. The molecule has 1 fully saturated rings. The smallest absolute Gasteiger partial charge is 0.386 e. The number of piperidine rings is 1. The molecular weight excluding hydrogens is 243 g/mol. The number of nitrogens with one attached hydrogen (secondary N) is 2. The second-order valence-electron chi connectivity index (χ2n) is 4.11. The molecule has 0 spiro atoms. The summed E-state index contributed by atoms with van der Waals surface area (Å²) < 4.78 is 37.2. The molecule has 1 aliphatic rings. The lowest BCUT2D eigenvalue weighted by atomic mass is 10.1. The highest BCUT2D eigenvalue weighted by atomic mass is 19.4. The number of hydrogen-bond acceptors (Lipinski definition) is 3. The maximum atomic E-state index is 12.4. The Morgan fingerprint density at radius 3 is 2.39 bits per heavy atom. The first-order valence-electron chi connectivity index (χ1n) is 5.78. The van der Waals surface area contributed by atoms with E-state index in [2.05, 4.69) is 17.2 Å². The molecule has 0 atom stereocenters. The van der Waals surface area contributed by atoms with Crippen LogP contribution in [0.3, 0.4) is 0 Å². The van der Waals surface area contributed by atoms with Crippen LogP contribution in [0, 0.1) is 0 Å². The zero-order valence-corrected chi connectivity index (χ0v) is 10.1. The van der Waals surface area contributed by atoms with Crippen molar-refractivity contribution in [2.75, 3.05) is 13.1 Å². The molecule has 0 aliphatic carbocycles. The second kappa shape index (κ2) is 6.49. The van der Waals surface area contributed by atoms with E-state index >= 15 is 0 Å². The van der Waals surface area contributed by atoms with Crippen LogP contribution in [0.4, 0.5) is 13.2 Å². The van der Waals surface area contributed by atoms with Crippen LogP contribution in [0.25, 0.3) is 0 Å². The minimum atomic E-state index is -4.40. The van der Waals surface area contributed by atoms with Gasteiger partial charge in [0.25, 0.3) is 0 Å². The molecular formula is C12H18F3N3. The van der Waals surface area contributed by atoms with Gasteiger partial charge in [0.1, 0.15) is 0 Å². The van der Waals surface area contributed by atoms with Crippen molar-refractivity contribution in [3.05, 3.63) is 36.2 Å². The topological polar surface area (TPSA) is 50.1 Å². The van der Waals surface area contributed by atoms with Gasteiger partial charge in [-0.1, -0.05) is 12.7 Å². The molecule has 102 valence electrons. The molecule has 0 bridgehead atoms. The van der Waals surface area contributed by atoms with Gasteiger partial charge in [0.2, 0.25) is 0 Å². The van der Waals surface area contributed by atoms with E-state index in [1.807, 2.05) is 0 Å². The fourth-order valence-corrected chi connectivity index (χ4v) is 1.71. The van der Waals surface area contributed by atoms with Gasteiger partial charge < -0.3 is 16.4 Å². The number of hydrogen-bond donors (Lipinski definition) is 3. The van der Waals surface area contributed by atoms with Crippen LogP contribution in [0.15, 0.2) is 36.2 Å². The van der Waals surface area contributed by atoms with E-state index in [1.54, 1.807) is 0 Å². The molecule has 1 saturated heterocycles. The number of alkyl halides is 3. The van der Waals surface area contributed by atoms with Crippen LogP contribution in [-0.2, 0) is 0 Å². The SMILES string of the molecule is C=C/C(=C\C=C(/N)NC1CCNCC1)C(F)(F)F. The van der Waals surface area contributed by atoms with Gasteiger partial charge in [-0.3, -0.25) is 0 Å². The van der Waals surface area contributed by atoms with E-state index in [4.69, 9.17) is 5.73 Å². The molecule has 0 unspecified atom stereocenters. The number of allylic oxidation sites excluding steroid dienone is 4. The Hall–Kier alpha value is -1.43. The summed E-state index contributed by atoms with van der Waals surface area (Å²) >= 11 is 0. The summed E-state index contributed by atoms with van der Waals surface area (Å²) in [6.07, 6.45) is 0.349. The Labute approximate surface area is 105 Å². The van der Waals surface area contributed by atoms with Crippen LogP contribution in [0.1, 0.15) is 12.8 Å². The summed E-state index contributed by atoms with van der Waals surface area (Å²) in [6.45, 7) is 4.91. The molecule has 1 rings (SSSR count). The fraction of sp³-hybridized carbons (Fsp3) is 0.500. The van der Waals surface area contributed by atoms with E-state index < -0.39 is 11.7 Å². The standard InChI is InChI=1S/C12H18F3N3/c1-2-9(12(13,14)15)3-4-11(16)18-10-5-7-17-8-6-10/h2-4,10,17-18H,1,5-8,16H2/b9-3+,11-4+. The first-order valence-corrected chi connectivity index (χ1v) is 5.78. The van der Waals surface area contributed by atoms with Gasteiger partial charge in [-0.25, -0.2) is 0 Å². The highest BCUT2D eigenvalue weighted by Gasteiger charge is 2.30. The molecule has 1 heterocycles. The van der Waals surface area contributed by atoms with Crippen molar-refractivity contribution in [2.24, 2.45) is 5.73 Å². The monoisotopic (exact) mass is 261 g/mol. The predicted molar refractivity (Wildman–Crippen MR) is 65.6 cm³/mol. The zero-order chi connectivity index (χ0) is 13.6. The normalized spacial score (nSPS) is 19.7. The minimum Gasteiger partial charge on any atom is -0.386 e. The summed E-state index contributed by atoms with van der Waals surface area (Å²) in [5.41, 5.74) is 4.83. The summed E-state index contributed by atoms with van der Waals surface area (Å²) in [7, 11) is 0. The van der Waals surface area contributed by atoms with Gasteiger partial charge in [0.05, 0.1) is 11.4 Å². The van der Waals surface area contributed by atoms with E-state index in [9.17, 15) is 13.2 Å². The summed E-state index contributed by atoms with van der Waals surface area (Å²) in [6, 6.07) is 0.217. The van der Waals surface area contributed by atoms with E-state index in [1.165, 1.54) is 6.08 Å². The van der Waals surface area contributed by atoms with Crippen molar-refractivity contribution in [1.29, 1.82) is 0 Å².